The zero-order valence-corrected chi connectivity index (χ0v) is 73.9. The summed E-state index contributed by atoms with van der Waals surface area (Å²) in [5, 5.41) is 20.7. The van der Waals surface area contributed by atoms with Crippen molar-refractivity contribution < 1.29 is 75.8 Å². The molecule has 0 radical (unpaired) electrons. The Hall–Kier alpha value is -5.35. The lowest BCUT2D eigenvalue weighted by Crippen LogP contribution is -2.30. The number of unbranched alkanes of at least 4 members (excludes halogenated alkanes) is 31. The van der Waals surface area contributed by atoms with Crippen molar-refractivity contribution in [3.8, 4) is 0 Å². The van der Waals surface area contributed by atoms with Crippen molar-refractivity contribution in [1.82, 2.24) is 0 Å². The second-order valence-electron chi connectivity index (χ2n) is 29.6. The highest BCUT2D eigenvalue weighted by atomic mass is 31.2. The number of allylic oxidation sites excluding steroid dienone is 30. The Balaban J connectivity index is 4.52. The molecule has 0 aromatic rings. The van der Waals surface area contributed by atoms with Crippen LogP contribution in [0.1, 0.15) is 355 Å². The van der Waals surface area contributed by atoms with Gasteiger partial charge in [0.25, 0.3) is 0 Å². The maximum atomic E-state index is 13.0. The van der Waals surface area contributed by atoms with Crippen LogP contribution in [0, 0.1) is 0 Å². The number of rotatable bonds is 84. The van der Waals surface area contributed by atoms with E-state index in [4.69, 9.17) is 32.3 Å². The third-order valence-electron chi connectivity index (χ3n) is 18.6. The molecule has 0 rings (SSSR count). The van der Waals surface area contributed by atoms with Crippen LogP contribution in [0.4, 0.5) is 0 Å². The van der Waals surface area contributed by atoms with Gasteiger partial charge in [-0.1, -0.05) is 364 Å². The van der Waals surface area contributed by atoms with Crippen molar-refractivity contribution in [1.29, 1.82) is 0 Å². The Kier molecular flexibility index (Phi) is 83.9. The maximum absolute atomic E-state index is 13.0. The highest BCUT2D eigenvalue weighted by molar-refractivity contribution is 7.47. The van der Waals surface area contributed by atoms with Crippen LogP contribution in [-0.4, -0.2) is 95.9 Å². The summed E-state index contributed by atoms with van der Waals surface area (Å²) in [6.45, 7) is 2.33. The van der Waals surface area contributed by atoms with Gasteiger partial charge in [-0.2, -0.15) is 0 Å². The van der Waals surface area contributed by atoms with Gasteiger partial charge in [0.1, 0.15) is 25.4 Å². The number of esters is 3. The van der Waals surface area contributed by atoms with E-state index >= 15 is 0 Å². The molecular weight excluding hydrogens is 1480 g/mol. The van der Waals surface area contributed by atoms with Gasteiger partial charge in [-0.3, -0.25) is 32.5 Å². The Bertz CT molecular complexity index is 2820. The molecule has 0 bridgehead atoms. The molecule has 0 aliphatic heterocycles. The molecule has 0 saturated carbocycles. The number of carbonyl (C=O) groups excluding carboxylic acids is 3. The largest absolute Gasteiger partial charge is 0.472 e. The molecule has 0 amide bonds. The third kappa shape index (κ3) is 89.3. The van der Waals surface area contributed by atoms with E-state index in [1.54, 1.807) is 0 Å². The van der Waals surface area contributed by atoms with E-state index in [0.29, 0.717) is 19.3 Å². The first-order valence-corrected chi connectivity index (χ1v) is 48.1. The summed E-state index contributed by atoms with van der Waals surface area (Å²) in [5.41, 5.74) is 0. The number of carbonyl (C=O) groups is 3. The number of aliphatic hydroxyl groups is 2. The molecule has 0 spiro atoms. The van der Waals surface area contributed by atoms with Gasteiger partial charge in [-0.25, -0.2) is 9.13 Å². The molecule has 5 unspecified atom stereocenters. The summed E-state index contributed by atoms with van der Waals surface area (Å²) >= 11 is 0. The van der Waals surface area contributed by atoms with Crippen molar-refractivity contribution in [3.05, 3.63) is 182 Å². The maximum Gasteiger partial charge on any atom is 0.472 e. The molecule has 0 aromatic heterocycles. The highest BCUT2D eigenvalue weighted by Gasteiger charge is 2.29. The Morgan fingerprint density at radius 3 is 0.687 bits per heavy atom. The second-order valence-corrected chi connectivity index (χ2v) is 32.5. The predicted molar refractivity (Wildman–Crippen MR) is 481 cm³/mol. The Morgan fingerprint density at radius 2 is 0.435 bits per heavy atom. The first kappa shape index (κ1) is 110. The van der Waals surface area contributed by atoms with Crippen molar-refractivity contribution in [2.75, 3.05) is 39.6 Å². The fourth-order valence-corrected chi connectivity index (χ4v) is 13.5. The van der Waals surface area contributed by atoms with E-state index in [1.165, 1.54) is 116 Å². The lowest BCUT2D eigenvalue weighted by molar-refractivity contribution is -0.161. The summed E-state index contributed by atoms with van der Waals surface area (Å²) in [6, 6.07) is 0. The molecular formula is C97H162O16P2. The number of aliphatic hydroxyl groups excluding tert-OH is 2. The van der Waals surface area contributed by atoms with Gasteiger partial charge in [0, 0.05) is 19.3 Å². The van der Waals surface area contributed by atoms with Crippen LogP contribution in [-0.2, 0) is 55.8 Å². The Morgan fingerprint density at radius 1 is 0.243 bits per heavy atom. The summed E-state index contributed by atoms with van der Waals surface area (Å²) in [5.74, 6) is -1.60. The predicted octanol–water partition coefficient (Wildman–Crippen LogP) is 27.7. The van der Waals surface area contributed by atoms with Crippen LogP contribution in [0.15, 0.2) is 182 Å². The number of ether oxygens (including phenoxy) is 3. The number of hydrogen-bond acceptors (Lipinski definition) is 14. The molecule has 0 aliphatic rings. The quantitative estimate of drug-likeness (QED) is 0.0146. The van der Waals surface area contributed by atoms with Crippen LogP contribution in [0.25, 0.3) is 0 Å². The first-order chi connectivity index (χ1) is 56.2. The van der Waals surface area contributed by atoms with E-state index in [1.807, 2.05) is 0 Å². The molecule has 5 atom stereocenters. The van der Waals surface area contributed by atoms with Gasteiger partial charge in [-0.05, 0) is 154 Å². The molecule has 18 heteroatoms. The van der Waals surface area contributed by atoms with Crippen LogP contribution in [0.3, 0.4) is 0 Å². The third-order valence-corrected chi connectivity index (χ3v) is 20.5. The minimum absolute atomic E-state index is 0.0722. The topological polar surface area (TPSA) is 231 Å². The zero-order valence-electron chi connectivity index (χ0n) is 72.1. The number of phosphoric ester groups is 2. The van der Waals surface area contributed by atoms with Crippen LogP contribution >= 0.6 is 15.6 Å². The fraction of sp³-hybridized carbons (Fsp3) is 0.660. The van der Waals surface area contributed by atoms with Gasteiger partial charge >= 0.3 is 33.6 Å². The standard InChI is InChI=1S/C97H162O16P2/c1-4-7-10-13-16-19-22-25-28-31-33-35-37-39-41-43-44-45-46-48-50-51-53-55-57-60-62-65-68-71-74-77-80-83-95(100)107-86-92(98)87-109-114(103,104)110-88-93(99)89-111-115(105,106)112-91-94(113-97(102)85-82-79-76-73-70-67-64-59-30-27-24-21-18-15-12-9-6-3)90-108-96(101)84-81-78-75-72-69-66-63-61-58-56-54-52-49-47-42-40-38-36-34-32-29-26-23-20-17-14-11-8-5-2/h7-12,16-21,25-30,33-36,39-42,44-45,64,67,92-94,98-99H,4-6,13-15,22-24,31-32,37-38,43,46-63,65-66,68-91H2,1-3H3,(H,103,104)(H,105,106)/b10-7-,11-8-,12-9-,19-16-,20-17-,21-18-,28-25-,29-26-,30-27-,35-33-,36-34-,41-39-,42-40-,45-44-,67-64-. The second kappa shape index (κ2) is 87.9. The molecule has 4 N–H and O–H groups in total. The Labute approximate surface area is 700 Å². The molecule has 0 saturated heterocycles. The molecule has 0 heterocycles. The first-order valence-electron chi connectivity index (χ1n) is 45.1. The molecule has 16 nitrogen and oxygen atoms in total. The van der Waals surface area contributed by atoms with Crippen molar-refractivity contribution in [2.45, 2.75) is 373 Å². The smallest absolute Gasteiger partial charge is 0.463 e. The minimum atomic E-state index is -4.95. The summed E-state index contributed by atoms with van der Waals surface area (Å²) < 4.78 is 61.4. The van der Waals surface area contributed by atoms with Crippen molar-refractivity contribution >= 4 is 33.6 Å². The monoisotopic (exact) mass is 1650 g/mol. The van der Waals surface area contributed by atoms with Crippen molar-refractivity contribution in [3.63, 3.8) is 0 Å². The number of hydrogen-bond donors (Lipinski definition) is 4. The fourth-order valence-electron chi connectivity index (χ4n) is 11.9. The molecule has 0 aliphatic carbocycles. The highest BCUT2D eigenvalue weighted by Crippen LogP contribution is 2.45. The van der Waals surface area contributed by atoms with E-state index in [2.05, 4.69) is 203 Å². The van der Waals surface area contributed by atoms with Gasteiger partial charge < -0.3 is 34.2 Å². The van der Waals surface area contributed by atoms with E-state index in [0.717, 1.165) is 180 Å². The zero-order chi connectivity index (χ0) is 83.6. The summed E-state index contributed by atoms with van der Waals surface area (Å²) in [4.78, 5) is 58.9. The van der Waals surface area contributed by atoms with Gasteiger partial charge in [0.05, 0.1) is 26.4 Å². The SMILES string of the molecule is CC/C=C\C/C=C\C/C=C\C/C=C\C/C=C\C/C=C\CCCCCCCCCCCCCCCCC(=O)OCC(O)COP(=O)(O)OCC(O)COP(=O)(O)OCC(COC(=O)CCCCCCCCCCCCCCC/C=C\C/C=C\C/C=C\C/C=C\C/C=C\CC)OC(=O)CCCCCC/C=C\C/C=C\C/C=C\C/C=C\CC. The van der Waals surface area contributed by atoms with Crippen molar-refractivity contribution in [2.24, 2.45) is 0 Å². The lowest BCUT2D eigenvalue weighted by atomic mass is 10.0. The van der Waals surface area contributed by atoms with Crippen LogP contribution < -0.4 is 0 Å². The minimum Gasteiger partial charge on any atom is -0.463 e. The van der Waals surface area contributed by atoms with E-state index in [9.17, 15) is 43.5 Å². The molecule has 656 valence electrons. The van der Waals surface area contributed by atoms with Gasteiger partial charge in [0.2, 0.25) is 0 Å². The van der Waals surface area contributed by atoms with Crippen LogP contribution in [0.2, 0.25) is 0 Å². The normalized spacial score (nSPS) is 14.7. The molecule has 0 aromatic carbocycles. The van der Waals surface area contributed by atoms with Crippen LogP contribution in [0.5, 0.6) is 0 Å². The number of phosphoric acid groups is 2. The van der Waals surface area contributed by atoms with E-state index in [-0.39, 0.29) is 19.3 Å². The summed E-state index contributed by atoms with van der Waals surface area (Å²) in [7, 11) is -9.82. The van der Waals surface area contributed by atoms with E-state index < -0.39 is 91.5 Å². The lowest BCUT2D eigenvalue weighted by Gasteiger charge is -2.21. The average molecular weight is 1650 g/mol. The average Bonchev–Trinajstić information content (AvgIpc) is 0.902. The summed E-state index contributed by atoms with van der Waals surface area (Å²) in [6.07, 6.45) is 115. The van der Waals surface area contributed by atoms with Gasteiger partial charge in [-0.15, -0.1) is 0 Å². The molecule has 115 heavy (non-hydrogen) atoms. The van der Waals surface area contributed by atoms with Gasteiger partial charge in [0.15, 0.2) is 6.10 Å². The molecule has 0 fully saturated rings.